The van der Waals surface area contributed by atoms with Gasteiger partial charge in [0.1, 0.15) is 6.04 Å². The zero-order chi connectivity index (χ0) is 30.0. The van der Waals surface area contributed by atoms with Crippen molar-refractivity contribution in [2.75, 3.05) is 4.72 Å². The molecule has 14 heteroatoms. The number of nitrogens with one attached hydrogen (secondary N) is 2. The van der Waals surface area contributed by atoms with Gasteiger partial charge in [-0.25, -0.2) is 9.78 Å². The molecule has 0 aliphatic heterocycles. The number of anilines is 1. The fourth-order valence-corrected chi connectivity index (χ4v) is 6.74. The summed E-state index contributed by atoms with van der Waals surface area (Å²) in [7, 11) is -4.31. The molecule has 2 aromatic heterocycles. The topological polar surface area (TPSA) is 138 Å². The molecule has 1 amide bonds. The maximum absolute atomic E-state index is 13.6. The number of benzene rings is 3. The van der Waals surface area contributed by atoms with Crippen LogP contribution >= 0.6 is 46.3 Å². The van der Waals surface area contributed by atoms with Crippen molar-refractivity contribution in [1.29, 1.82) is 0 Å². The number of carbonyl (C=O) groups is 2. The molecule has 5 aromatic rings. The van der Waals surface area contributed by atoms with Crippen molar-refractivity contribution in [1.82, 2.24) is 14.7 Å². The number of aromatic nitrogens is 2. The van der Waals surface area contributed by atoms with Gasteiger partial charge in [0.25, 0.3) is 15.9 Å². The molecular formula is C28H19Cl3N4O5S2. The summed E-state index contributed by atoms with van der Waals surface area (Å²) in [4.78, 5) is 30.3. The van der Waals surface area contributed by atoms with E-state index in [1.807, 2.05) is 0 Å². The summed E-state index contributed by atoms with van der Waals surface area (Å²) in [6.45, 7) is 0. The monoisotopic (exact) mass is 660 g/mol. The summed E-state index contributed by atoms with van der Waals surface area (Å²) in [6.07, 6.45) is 2.73. The highest BCUT2D eigenvalue weighted by molar-refractivity contribution is 7.92. The number of carbonyl (C=O) groups excluding carboxylic acids is 1. The maximum atomic E-state index is 13.6. The highest BCUT2D eigenvalue weighted by Gasteiger charge is 2.34. The van der Waals surface area contributed by atoms with Crippen LogP contribution in [0.15, 0.2) is 90.2 Å². The second-order valence-corrected chi connectivity index (χ2v) is 12.8. The van der Waals surface area contributed by atoms with E-state index in [-0.39, 0.29) is 21.3 Å². The SMILES string of the molecule is O=C(NC(C(=O)O)C(c1ccc(Cl)cc1)c1ccc(Cl)cc1)c1ccc(Cl)cc1NS(=O)(=O)c1nccc2sncc12. The number of fused-ring (bicyclic) bond motifs is 1. The van der Waals surface area contributed by atoms with Gasteiger partial charge in [0.05, 0.1) is 27.5 Å². The fraction of sp³-hybridized carbons (Fsp3) is 0.0714. The van der Waals surface area contributed by atoms with Crippen LogP contribution in [0, 0.1) is 0 Å². The number of sulfonamides is 1. The largest absolute Gasteiger partial charge is 0.480 e. The third-order valence-corrected chi connectivity index (χ3v) is 9.14. The Morgan fingerprint density at radius 2 is 1.45 bits per heavy atom. The van der Waals surface area contributed by atoms with Crippen LogP contribution in [-0.2, 0) is 14.8 Å². The molecule has 0 radical (unpaired) electrons. The van der Waals surface area contributed by atoms with Crippen LogP contribution in [-0.4, -0.2) is 40.8 Å². The standard InChI is InChI=1S/C28H19Cl3N4O5S2/c29-17-5-1-15(2-6-17)24(16-3-7-18(30)8-4-16)25(28(37)38)34-26(36)20-10-9-19(31)13-22(20)35-42(39,40)27-21-14-33-41-23(21)11-12-32-27/h1-14,24-25,35H,(H,34,36)(H,37,38). The first kappa shape index (κ1) is 29.7. The molecule has 2 heterocycles. The molecule has 3 aromatic carbocycles. The first-order chi connectivity index (χ1) is 20.0. The van der Waals surface area contributed by atoms with Crippen LogP contribution < -0.4 is 10.0 Å². The van der Waals surface area contributed by atoms with Crippen LogP contribution in [0.5, 0.6) is 0 Å². The molecule has 0 bridgehead atoms. The Labute approximate surface area is 259 Å². The molecule has 0 fully saturated rings. The Morgan fingerprint density at radius 1 is 0.857 bits per heavy atom. The van der Waals surface area contributed by atoms with Crippen LogP contribution in [0.3, 0.4) is 0 Å². The Bertz CT molecular complexity index is 1850. The first-order valence-corrected chi connectivity index (χ1v) is 15.5. The highest BCUT2D eigenvalue weighted by Crippen LogP contribution is 2.32. The van der Waals surface area contributed by atoms with E-state index < -0.39 is 33.9 Å². The predicted octanol–water partition coefficient (Wildman–Crippen LogP) is 6.47. The van der Waals surface area contributed by atoms with Crippen molar-refractivity contribution in [3.8, 4) is 0 Å². The molecule has 42 heavy (non-hydrogen) atoms. The van der Waals surface area contributed by atoms with Crippen LogP contribution in [0.1, 0.15) is 27.4 Å². The minimum Gasteiger partial charge on any atom is -0.480 e. The zero-order valence-electron chi connectivity index (χ0n) is 21.2. The second kappa shape index (κ2) is 12.2. The molecule has 0 saturated carbocycles. The number of carboxylic acid groups (broad SMARTS) is 1. The van der Waals surface area contributed by atoms with E-state index in [9.17, 15) is 23.1 Å². The van der Waals surface area contributed by atoms with E-state index in [1.54, 1.807) is 54.6 Å². The van der Waals surface area contributed by atoms with Crippen molar-refractivity contribution in [3.05, 3.63) is 117 Å². The van der Waals surface area contributed by atoms with E-state index in [4.69, 9.17) is 34.8 Å². The summed E-state index contributed by atoms with van der Waals surface area (Å²) >= 11 is 19.4. The third-order valence-electron chi connectivity index (χ3n) is 6.32. The van der Waals surface area contributed by atoms with E-state index >= 15 is 0 Å². The lowest BCUT2D eigenvalue weighted by Crippen LogP contribution is -2.45. The highest BCUT2D eigenvalue weighted by atomic mass is 35.5. The maximum Gasteiger partial charge on any atom is 0.327 e. The van der Waals surface area contributed by atoms with Gasteiger partial charge in [-0.2, -0.15) is 12.8 Å². The van der Waals surface area contributed by atoms with E-state index in [0.29, 0.717) is 31.3 Å². The summed E-state index contributed by atoms with van der Waals surface area (Å²) in [6, 6.07) is 17.2. The minimum absolute atomic E-state index is 0.141. The first-order valence-electron chi connectivity index (χ1n) is 12.1. The number of carboxylic acids is 1. The van der Waals surface area contributed by atoms with Crippen molar-refractivity contribution in [2.24, 2.45) is 0 Å². The zero-order valence-corrected chi connectivity index (χ0v) is 25.1. The number of pyridine rings is 1. The number of aliphatic carboxylic acids is 1. The van der Waals surface area contributed by atoms with Gasteiger partial charge in [-0.05, 0) is 71.2 Å². The molecule has 214 valence electrons. The second-order valence-electron chi connectivity index (χ2n) is 9.02. The van der Waals surface area contributed by atoms with Crippen molar-refractivity contribution >= 4 is 84.0 Å². The van der Waals surface area contributed by atoms with Gasteiger partial charge in [0.2, 0.25) is 0 Å². The molecule has 0 aliphatic carbocycles. The number of rotatable bonds is 9. The number of amides is 1. The summed E-state index contributed by atoms with van der Waals surface area (Å²) in [5, 5.41) is 13.9. The average Bonchev–Trinajstić information content (AvgIpc) is 3.43. The molecule has 9 nitrogen and oxygen atoms in total. The molecule has 0 aliphatic rings. The van der Waals surface area contributed by atoms with Gasteiger partial charge in [0.15, 0.2) is 5.03 Å². The summed E-state index contributed by atoms with van der Waals surface area (Å²) < 4.78 is 33.8. The lowest BCUT2D eigenvalue weighted by Gasteiger charge is -2.26. The predicted molar refractivity (Wildman–Crippen MR) is 163 cm³/mol. The quantitative estimate of drug-likeness (QED) is 0.165. The minimum atomic E-state index is -4.31. The molecule has 1 atom stereocenters. The molecule has 0 saturated heterocycles. The van der Waals surface area contributed by atoms with Gasteiger partial charge in [0, 0.05) is 27.2 Å². The summed E-state index contributed by atoms with van der Waals surface area (Å²) in [5.74, 6) is -3.04. The smallest absolute Gasteiger partial charge is 0.327 e. The average molecular weight is 662 g/mol. The van der Waals surface area contributed by atoms with Gasteiger partial charge >= 0.3 is 5.97 Å². The van der Waals surface area contributed by atoms with E-state index in [0.717, 1.165) is 11.5 Å². The fourth-order valence-electron chi connectivity index (χ4n) is 4.40. The Kier molecular flexibility index (Phi) is 8.67. The van der Waals surface area contributed by atoms with Crippen LogP contribution in [0.25, 0.3) is 10.1 Å². The van der Waals surface area contributed by atoms with Crippen molar-refractivity contribution in [3.63, 3.8) is 0 Å². The molecule has 5 rings (SSSR count). The van der Waals surface area contributed by atoms with Crippen molar-refractivity contribution < 1.29 is 23.1 Å². The number of hydrogen-bond acceptors (Lipinski definition) is 7. The Morgan fingerprint density at radius 3 is 2.05 bits per heavy atom. The van der Waals surface area contributed by atoms with E-state index in [2.05, 4.69) is 19.4 Å². The lowest BCUT2D eigenvalue weighted by molar-refractivity contribution is -0.139. The van der Waals surface area contributed by atoms with E-state index in [1.165, 1.54) is 30.6 Å². The summed E-state index contributed by atoms with van der Waals surface area (Å²) in [5.41, 5.74) is 0.807. The molecule has 3 N–H and O–H groups in total. The van der Waals surface area contributed by atoms with Crippen LogP contribution in [0.2, 0.25) is 15.1 Å². The third kappa shape index (κ3) is 6.35. The Balaban J connectivity index is 1.52. The van der Waals surface area contributed by atoms with Gasteiger partial charge < -0.3 is 10.4 Å². The lowest BCUT2D eigenvalue weighted by atomic mass is 9.84. The van der Waals surface area contributed by atoms with Crippen molar-refractivity contribution in [2.45, 2.75) is 17.0 Å². The number of hydrogen-bond donors (Lipinski definition) is 3. The normalized spacial score (nSPS) is 12.3. The molecule has 0 spiro atoms. The Hall–Kier alpha value is -3.74. The number of nitrogens with zero attached hydrogens (tertiary/aromatic N) is 2. The van der Waals surface area contributed by atoms with Crippen LogP contribution in [0.4, 0.5) is 5.69 Å². The number of halogens is 3. The molecular weight excluding hydrogens is 643 g/mol. The van der Waals surface area contributed by atoms with Gasteiger partial charge in [-0.15, -0.1) is 0 Å². The molecule has 1 unspecified atom stereocenters. The van der Waals surface area contributed by atoms with Gasteiger partial charge in [-0.3, -0.25) is 9.52 Å². The van der Waals surface area contributed by atoms with Gasteiger partial charge in [-0.1, -0.05) is 59.1 Å².